The number of aryl methyl sites for hydroxylation is 1. The second-order valence-electron chi connectivity index (χ2n) is 4.71. The van der Waals surface area contributed by atoms with Crippen molar-refractivity contribution in [2.24, 2.45) is 0 Å². The lowest BCUT2D eigenvalue weighted by molar-refractivity contribution is 0.117. The van der Waals surface area contributed by atoms with Crippen LogP contribution in [0.1, 0.15) is 11.3 Å². The van der Waals surface area contributed by atoms with Gasteiger partial charge in [-0.05, 0) is 36.8 Å². The molecule has 21 heavy (non-hydrogen) atoms. The number of aliphatic hydroxyl groups is 1. The molecular weight excluding hydrogens is 266 g/mol. The van der Waals surface area contributed by atoms with E-state index < -0.39 is 6.10 Å². The molecule has 1 aromatic carbocycles. The smallest absolute Gasteiger partial charge is 0.140 e. The zero-order valence-corrected chi connectivity index (χ0v) is 11.8. The molecule has 0 amide bonds. The molecule has 0 aliphatic carbocycles. The Labute approximate surface area is 123 Å². The van der Waals surface area contributed by atoms with E-state index >= 15 is 0 Å². The molecule has 0 bridgehead atoms. The molecule has 2 aromatic rings. The number of nitrogens with one attached hydrogen (secondary N) is 1. The largest absolute Gasteiger partial charge is 0.491 e. The summed E-state index contributed by atoms with van der Waals surface area (Å²) < 4.78 is 5.52. The van der Waals surface area contributed by atoms with Gasteiger partial charge in [-0.3, -0.25) is 0 Å². The Balaban J connectivity index is 1.76. The zero-order valence-electron chi connectivity index (χ0n) is 11.8. The highest BCUT2D eigenvalue weighted by atomic mass is 16.5. The van der Waals surface area contributed by atoms with Crippen LogP contribution in [0.15, 0.2) is 42.6 Å². The van der Waals surface area contributed by atoms with Gasteiger partial charge < -0.3 is 15.2 Å². The summed E-state index contributed by atoms with van der Waals surface area (Å²) in [4.78, 5) is 3.94. The van der Waals surface area contributed by atoms with Gasteiger partial charge >= 0.3 is 0 Å². The van der Waals surface area contributed by atoms with E-state index in [9.17, 15) is 5.11 Å². The van der Waals surface area contributed by atoms with Crippen LogP contribution in [0, 0.1) is 18.3 Å². The summed E-state index contributed by atoms with van der Waals surface area (Å²) in [5, 5.41) is 21.6. The van der Waals surface area contributed by atoms with Crippen LogP contribution in [0.3, 0.4) is 0 Å². The molecule has 2 rings (SSSR count). The number of hydrogen-bond acceptors (Lipinski definition) is 5. The topological polar surface area (TPSA) is 78.2 Å². The number of nitriles is 1. The number of rotatable bonds is 6. The molecule has 1 atom stereocenters. The van der Waals surface area contributed by atoms with Crippen molar-refractivity contribution >= 4 is 5.69 Å². The van der Waals surface area contributed by atoms with Crippen molar-refractivity contribution in [3.05, 3.63) is 53.9 Å². The molecule has 0 aliphatic rings. The van der Waals surface area contributed by atoms with E-state index in [1.165, 1.54) is 0 Å². The van der Waals surface area contributed by atoms with Crippen LogP contribution in [0.2, 0.25) is 0 Å². The van der Waals surface area contributed by atoms with Gasteiger partial charge in [-0.15, -0.1) is 0 Å². The minimum atomic E-state index is -0.638. The maximum absolute atomic E-state index is 9.88. The van der Waals surface area contributed by atoms with Crippen LogP contribution in [0.5, 0.6) is 5.75 Å². The van der Waals surface area contributed by atoms with Gasteiger partial charge in [0.25, 0.3) is 0 Å². The monoisotopic (exact) mass is 283 g/mol. The Morgan fingerprint density at radius 3 is 2.90 bits per heavy atom. The first-order valence-corrected chi connectivity index (χ1v) is 6.65. The van der Waals surface area contributed by atoms with Gasteiger partial charge in [-0.2, -0.15) is 5.26 Å². The summed E-state index contributed by atoms with van der Waals surface area (Å²) in [7, 11) is 0. The van der Waals surface area contributed by atoms with Gasteiger partial charge in [0.2, 0.25) is 0 Å². The van der Waals surface area contributed by atoms with Crippen LogP contribution in [-0.2, 0) is 0 Å². The molecule has 108 valence electrons. The van der Waals surface area contributed by atoms with Crippen molar-refractivity contribution in [3.8, 4) is 11.8 Å². The minimum absolute atomic E-state index is 0.208. The fraction of sp³-hybridized carbons (Fsp3) is 0.250. The number of pyridine rings is 1. The Hall–Kier alpha value is -2.58. The van der Waals surface area contributed by atoms with Gasteiger partial charge in [-0.25, -0.2) is 4.98 Å². The highest BCUT2D eigenvalue weighted by Gasteiger charge is 2.05. The molecule has 0 fully saturated rings. The van der Waals surface area contributed by atoms with Crippen LogP contribution >= 0.6 is 0 Å². The molecule has 1 heterocycles. The van der Waals surface area contributed by atoms with Crippen LogP contribution < -0.4 is 10.1 Å². The lowest BCUT2D eigenvalue weighted by atomic mass is 10.2. The average Bonchev–Trinajstić information content (AvgIpc) is 2.51. The molecule has 0 saturated heterocycles. The molecule has 0 radical (unpaired) electrons. The highest BCUT2D eigenvalue weighted by molar-refractivity contribution is 5.42. The normalized spacial score (nSPS) is 11.5. The quantitative estimate of drug-likeness (QED) is 0.849. The third-order valence-corrected chi connectivity index (χ3v) is 2.85. The first-order chi connectivity index (χ1) is 10.2. The number of ether oxygens (including phenoxy) is 1. The fourth-order valence-corrected chi connectivity index (χ4v) is 1.76. The van der Waals surface area contributed by atoms with Crippen LogP contribution in [0.25, 0.3) is 0 Å². The predicted molar refractivity (Wildman–Crippen MR) is 80.1 cm³/mol. The van der Waals surface area contributed by atoms with Crippen LogP contribution in [0.4, 0.5) is 5.69 Å². The van der Waals surface area contributed by atoms with E-state index in [4.69, 9.17) is 10.00 Å². The SMILES string of the molecule is Cc1cccc(OC[C@H](O)CNc2ccc(C#N)nc2)c1. The van der Waals surface area contributed by atoms with Crippen molar-refractivity contribution in [1.82, 2.24) is 4.98 Å². The van der Waals surface area contributed by atoms with E-state index in [-0.39, 0.29) is 6.61 Å². The maximum Gasteiger partial charge on any atom is 0.140 e. The highest BCUT2D eigenvalue weighted by Crippen LogP contribution is 2.12. The van der Waals surface area contributed by atoms with E-state index in [1.54, 1.807) is 18.3 Å². The molecule has 1 aromatic heterocycles. The predicted octanol–water partition coefficient (Wildman–Crippen LogP) is 2.11. The summed E-state index contributed by atoms with van der Waals surface area (Å²) in [5.41, 5.74) is 2.23. The van der Waals surface area contributed by atoms with E-state index in [0.29, 0.717) is 12.2 Å². The van der Waals surface area contributed by atoms with E-state index in [2.05, 4.69) is 10.3 Å². The molecule has 0 saturated carbocycles. The summed E-state index contributed by atoms with van der Waals surface area (Å²) in [6.07, 6.45) is 0.924. The van der Waals surface area contributed by atoms with E-state index in [1.807, 2.05) is 37.3 Å². The Morgan fingerprint density at radius 1 is 1.38 bits per heavy atom. The molecule has 2 N–H and O–H groups in total. The first kappa shape index (κ1) is 14.8. The van der Waals surface area contributed by atoms with Crippen molar-refractivity contribution in [2.45, 2.75) is 13.0 Å². The lowest BCUT2D eigenvalue weighted by Gasteiger charge is -2.14. The molecule has 5 heteroatoms. The van der Waals surface area contributed by atoms with Gasteiger partial charge in [0, 0.05) is 6.54 Å². The number of benzene rings is 1. The summed E-state index contributed by atoms with van der Waals surface area (Å²) >= 11 is 0. The summed E-state index contributed by atoms with van der Waals surface area (Å²) in [6.45, 7) is 2.54. The van der Waals surface area contributed by atoms with Crippen molar-refractivity contribution in [2.75, 3.05) is 18.5 Å². The van der Waals surface area contributed by atoms with Gasteiger partial charge in [0.05, 0.1) is 11.9 Å². The Morgan fingerprint density at radius 2 is 2.24 bits per heavy atom. The van der Waals surface area contributed by atoms with Crippen molar-refractivity contribution in [3.63, 3.8) is 0 Å². The van der Waals surface area contributed by atoms with Crippen molar-refractivity contribution < 1.29 is 9.84 Å². The molecule has 0 spiro atoms. The number of nitrogens with zero attached hydrogens (tertiary/aromatic N) is 2. The van der Waals surface area contributed by atoms with Gasteiger partial charge in [0.1, 0.15) is 30.2 Å². The number of aliphatic hydroxyl groups excluding tert-OH is 1. The van der Waals surface area contributed by atoms with Gasteiger partial charge in [0.15, 0.2) is 0 Å². The molecule has 0 unspecified atom stereocenters. The summed E-state index contributed by atoms with van der Waals surface area (Å²) in [5.74, 6) is 0.745. The van der Waals surface area contributed by atoms with Crippen LogP contribution in [-0.4, -0.2) is 29.3 Å². The molecule has 5 nitrogen and oxygen atoms in total. The summed E-state index contributed by atoms with van der Waals surface area (Å²) in [6, 6.07) is 13.0. The van der Waals surface area contributed by atoms with Crippen molar-refractivity contribution in [1.29, 1.82) is 5.26 Å². The zero-order chi connectivity index (χ0) is 15.1. The van der Waals surface area contributed by atoms with E-state index in [0.717, 1.165) is 17.0 Å². The third kappa shape index (κ3) is 4.79. The maximum atomic E-state index is 9.88. The third-order valence-electron chi connectivity index (χ3n) is 2.85. The Bertz CT molecular complexity index is 620. The number of hydrogen-bond donors (Lipinski definition) is 2. The molecular formula is C16H17N3O2. The number of aromatic nitrogens is 1. The average molecular weight is 283 g/mol. The second kappa shape index (κ2) is 7.27. The lowest BCUT2D eigenvalue weighted by Crippen LogP contribution is -2.26. The number of anilines is 1. The fourth-order valence-electron chi connectivity index (χ4n) is 1.76. The van der Waals surface area contributed by atoms with Gasteiger partial charge in [-0.1, -0.05) is 12.1 Å². The first-order valence-electron chi connectivity index (χ1n) is 6.65. The molecule has 0 aliphatic heterocycles. The Kier molecular flexibility index (Phi) is 5.13. The second-order valence-corrected chi connectivity index (χ2v) is 4.71. The minimum Gasteiger partial charge on any atom is -0.491 e. The standard InChI is InChI=1S/C16H17N3O2/c1-12-3-2-4-16(7-12)21-11-15(20)10-19-14-6-5-13(8-17)18-9-14/h2-7,9,15,19-20H,10-11H2,1H3/t15-/m1/s1.